The van der Waals surface area contributed by atoms with Crippen LogP contribution in [0.15, 0.2) is 9.68 Å². The molecule has 2 aromatic heterocycles. The van der Waals surface area contributed by atoms with E-state index in [1.54, 1.807) is 23.6 Å². The molecule has 0 atom stereocenters. The zero-order valence-corrected chi connectivity index (χ0v) is 13.3. The molecule has 2 heterocycles. The highest BCUT2D eigenvalue weighted by molar-refractivity contribution is 7.98. The van der Waals surface area contributed by atoms with Gasteiger partial charge in [-0.05, 0) is 24.3 Å². The lowest BCUT2D eigenvalue weighted by atomic mass is 10.2. The van der Waals surface area contributed by atoms with E-state index in [0.29, 0.717) is 6.61 Å². The van der Waals surface area contributed by atoms with Crippen LogP contribution in [0, 0.1) is 13.8 Å². The second kappa shape index (κ2) is 8.11. The molecule has 21 heavy (non-hydrogen) atoms. The van der Waals surface area contributed by atoms with Crippen LogP contribution < -0.4 is 5.32 Å². The highest BCUT2D eigenvalue weighted by Crippen LogP contribution is 2.23. The number of aromatic nitrogens is 5. The Hall–Kier alpha value is -1.45. The van der Waals surface area contributed by atoms with Crippen molar-refractivity contribution in [3.8, 4) is 0 Å². The maximum Gasteiger partial charge on any atom is 0.209 e. The molecule has 0 aliphatic carbocycles. The van der Waals surface area contributed by atoms with Gasteiger partial charge in [-0.25, -0.2) is 4.68 Å². The molecule has 0 amide bonds. The van der Waals surface area contributed by atoms with Gasteiger partial charge in [0.25, 0.3) is 0 Å². The van der Waals surface area contributed by atoms with Crippen molar-refractivity contribution in [3.05, 3.63) is 17.0 Å². The number of thioether (sulfide) groups is 1. The summed E-state index contributed by atoms with van der Waals surface area (Å²) >= 11 is 1.58. The molecule has 0 spiro atoms. The second-order valence-corrected chi connectivity index (χ2v) is 5.46. The van der Waals surface area contributed by atoms with Gasteiger partial charge in [0.15, 0.2) is 0 Å². The molecule has 1 N–H and O–H groups in total. The Kier molecular flexibility index (Phi) is 6.15. The minimum Gasteiger partial charge on any atom is -0.383 e. The number of hydrogen-bond donors (Lipinski definition) is 1. The smallest absolute Gasteiger partial charge is 0.209 e. The third kappa shape index (κ3) is 4.51. The van der Waals surface area contributed by atoms with E-state index in [1.165, 1.54) is 0 Å². The van der Waals surface area contributed by atoms with Gasteiger partial charge in [0.2, 0.25) is 5.16 Å². The molecule has 0 fully saturated rings. The molecule has 0 bridgehead atoms. The molecule has 2 aromatic rings. The molecule has 9 heteroatoms. The first-order chi connectivity index (χ1) is 10.2. The van der Waals surface area contributed by atoms with Crippen LogP contribution >= 0.6 is 11.8 Å². The molecule has 116 valence electrons. The Morgan fingerprint density at radius 1 is 1.33 bits per heavy atom. The van der Waals surface area contributed by atoms with Crippen LogP contribution in [-0.4, -0.2) is 52.2 Å². The van der Waals surface area contributed by atoms with Gasteiger partial charge in [0.1, 0.15) is 5.76 Å². The predicted octanol–water partition coefficient (Wildman–Crippen LogP) is 0.806. The molecule has 0 saturated carbocycles. The van der Waals surface area contributed by atoms with Gasteiger partial charge in [-0.1, -0.05) is 16.9 Å². The minimum absolute atomic E-state index is 0.698. The van der Waals surface area contributed by atoms with Gasteiger partial charge in [-0.2, -0.15) is 0 Å². The molecule has 0 aliphatic heterocycles. The summed E-state index contributed by atoms with van der Waals surface area (Å²) in [5.41, 5.74) is 2.02. The van der Waals surface area contributed by atoms with Gasteiger partial charge < -0.3 is 14.6 Å². The second-order valence-electron chi connectivity index (χ2n) is 4.52. The van der Waals surface area contributed by atoms with Crippen LogP contribution in [0.2, 0.25) is 0 Å². The molecular formula is C12H20N6O2S. The Morgan fingerprint density at radius 3 is 2.90 bits per heavy atom. The van der Waals surface area contributed by atoms with Crippen molar-refractivity contribution in [1.29, 1.82) is 0 Å². The highest BCUT2D eigenvalue weighted by Gasteiger charge is 2.12. The monoisotopic (exact) mass is 312 g/mol. The van der Waals surface area contributed by atoms with Gasteiger partial charge >= 0.3 is 0 Å². The first-order valence-corrected chi connectivity index (χ1v) is 7.71. The van der Waals surface area contributed by atoms with Crippen LogP contribution in [-0.2, 0) is 17.0 Å². The molecule has 0 aliphatic rings. The Labute approximate surface area is 127 Å². The quantitative estimate of drug-likeness (QED) is 0.537. The summed E-state index contributed by atoms with van der Waals surface area (Å²) in [6.45, 7) is 6.89. The summed E-state index contributed by atoms with van der Waals surface area (Å²) in [7, 11) is 1.69. The number of aryl methyl sites for hydroxylation is 2. The van der Waals surface area contributed by atoms with Gasteiger partial charge in [0.05, 0.1) is 18.8 Å². The molecule has 0 unspecified atom stereocenters. The first-order valence-electron chi connectivity index (χ1n) is 6.72. The normalized spacial score (nSPS) is 11.2. The lowest BCUT2D eigenvalue weighted by Gasteiger charge is -2.05. The number of nitrogens with one attached hydrogen (secondary N) is 1. The average Bonchev–Trinajstić information content (AvgIpc) is 3.04. The lowest BCUT2D eigenvalue weighted by Crippen LogP contribution is -2.24. The number of hydrogen-bond acceptors (Lipinski definition) is 8. The zero-order chi connectivity index (χ0) is 15.1. The maximum absolute atomic E-state index is 5.15. The summed E-state index contributed by atoms with van der Waals surface area (Å²) in [6.07, 6.45) is 0. The third-order valence-corrected chi connectivity index (χ3v) is 3.99. The molecule has 2 rings (SSSR count). The van der Waals surface area contributed by atoms with E-state index < -0.39 is 0 Å². The fourth-order valence-electron chi connectivity index (χ4n) is 1.77. The molecule has 0 saturated heterocycles. The first kappa shape index (κ1) is 15.9. The third-order valence-electron chi connectivity index (χ3n) is 3.01. The largest absolute Gasteiger partial charge is 0.383 e. The average molecular weight is 312 g/mol. The van der Waals surface area contributed by atoms with E-state index in [4.69, 9.17) is 9.26 Å². The molecular weight excluding hydrogens is 292 g/mol. The van der Waals surface area contributed by atoms with Crippen molar-refractivity contribution in [1.82, 2.24) is 30.7 Å². The van der Waals surface area contributed by atoms with Crippen molar-refractivity contribution in [2.45, 2.75) is 31.3 Å². The molecule has 0 radical (unpaired) electrons. The fourth-order valence-corrected chi connectivity index (χ4v) is 2.83. The topological polar surface area (TPSA) is 90.9 Å². The van der Waals surface area contributed by atoms with E-state index >= 15 is 0 Å². The van der Waals surface area contributed by atoms with Gasteiger partial charge in [-0.15, -0.1) is 5.10 Å². The minimum atomic E-state index is 0.698. The van der Waals surface area contributed by atoms with Crippen molar-refractivity contribution >= 4 is 11.8 Å². The summed E-state index contributed by atoms with van der Waals surface area (Å²) in [4.78, 5) is 0. The van der Waals surface area contributed by atoms with Crippen LogP contribution in [0.1, 0.15) is 17.0 Å². The summed E-state index contributed by atoms with van der Waals surface area (Å²) in [5, 5.41) is 19.8. The summed E-state index contributed by atoms with van der Waals surface area (Å²) in [5.74, 6) is 1.60. The lowest BCUT2D eigenvalue weighted by molar-refractivity contribution is 0.199. The van der Waals surface area contributed by atoms with Gasteiger partial charge in [-0.3, -0.25) is 0 Å². The predicted molar refractivity (Wildman–Crippen MR) is 78.1 cm³/mol. The Morgan fingerprint density at radius 2 is 2.19 bits per heavy atom. The van der Waals surface area contributed by atoms with E-state index in [9.17, 15) is 0 Å². The van der Waals surface area contributed by atoms with E-state index in [2.05, 4.69) is 26.0 Å². The summed E-state index contributed by atoms with van der Waals surface area (Å²) in [6, 6.07) is 0. The van der Waals surface area contributed by atoms with E-state index in [1.807, 2.05) is 13.8 Å². The zero-order valence-electron chi connectivity index (χ0n) is 12.5. The van der Waals surface area contributed by atoms with E-state index in [-0.39, 0.29) is 0 Å². The maximum atomic E-state index is 5.15. The van der Waals surface area contributed by atoms with Crippen LogP contribution in [0.3, 0.4) is 0 Å². The van der Waals surface area contributed by atoms with Crippen LogP contribution in [0.25, 0.3) is 0 Å². The van der Waals surface area contributed by atoms with Gasteiger partial charge in [0, 0.05) is 31.5 Å². The highest BCUT2D eigenvalue weighted by atomic mass is 32.2. The Bertz CT molecular complexity index is 536. The number of tetrazole rings is 1. The summed E-state index contributed by atoms with van der Waals surface area (Å²) < 4.78 is 11.9. The number of nitrogens with zero attached hydrogens (tertiary/aromatic N) is 5. The van der Waals surface area contributed by atoms with Crippen molar-refractivity contribution in [2.75, 3.05) is 26.8 Å². The standard InChI is InChI=1S/C12H20N6O2S/c1-9-11(10(2)20-15-9)8-21-12-14-16-17-18(12)6-4-13-5-7-19-3/h13H,4-8H2,1-3H3. The van der Waals surface area contributed by atoms with Crippen molar-refractivity contribution < 1.29 is 9.26 Å². The number of rotatable bonds is 9. The van der Waals surface area contributed by atoms with Crippen LogP contribution in [0.5, 0.6) is 0 Å². The van der Waals surface area contributed by atoms with Crippen LogP contribution in [0.4, 0.5) is 0 Å². The fraction of sp³-hybridized carbons (Fsp3) is 0.667. The molecule has 0 aromatic carbocycles. The molecule has 8 nitrogen and oxygen atoms in total. The SMILES string of the molecule is COCCNCCn1nnnc1SCc1c(C)noc1C. The number of ether oxygens (including phenoxy) is 1. The van der Waals surface area contributed by atoms with E-state index in [0.717, 1.165) is 47.6 Å². The van der Waals surface area contributed by atoms with Crippen molar-refractivity contribution in [3.63, 3.8) is 0 Å². The number of methoxy groups -OCH3 is 1. The Balaban J connectivity index is 1.83. The van der Waals surface area contributed by atoms with Crippen molar-refractivity contribution in [2.24, 2.45) is 0 Å².